The van der Waals surface area contributed by atoms with E-state index in [4.69, 9.17) is 23.7 Å². The highest BCUT2D eigenvalue weighted by Crippen LogP contribution is 2.50. The Labute approximate surface area is 188 Å². The highest BCUT2D eigenvalue weighted by atomic mass is 76.9. The molecule has 2 aromatic rings. The first-order valence-electron chi connectivity index (χ1n) is 10.1. The van der Waals surface area contributed by atoms with Crippen LogP contribution in [-0.2, 0) is 6.42 Å². The van der Waals surface area contributed by atoms with Crippen LogP contribution in [0.5, 0.6) is 28.7 Å². The van der Waals surface area contributed by atoms with Gasteiger partial charge in [-0.25, -0.2) is 0 Å². The zero-order chi connectivity index (χ0) is 21.9. The van der Waals surface area contributed by atoms with Gasteiger partial charge in [0.25, 0.3) is 0 Å². The molecule has 0 fully saturated rings. The third kappa shape index (κ3) is 3.07. The molecule has 164 valence electrons. The van der Waals surface area contributed by atoms with Crippen LogP contribution in [0.4, 0.5) is 0 Å². The van der Waals surface area contributed by atoms with Crippen molar-refractivity contribution in [3.05, 3.63) is 41.0 Å². The van der Waals surface area contributed by atoms with Crippen LogP contribution in [0, 0.1) is 0 Å². The summed E-state index contributed by atoms with van der Waals surface area (Å²) in [4.78, 5) is 13.6. The first-order chi connectivity index (χ1) is 14.9. The quantitative estimate of drug-likeness (QED) is 0.662. The molecule has 0 spiro atoms. The molecule has 0 aromatic heterocycles. The van der Waals surface area contributed by atoms with E-state index < -0.39 is 16.3 Å². The number of methoxy groups -OCH3 is 2. The molecule has 1 unspecified atom stereocenters. The summed E-state index contributed by atoms with van der Waals surface area (Å²) in [5, 5.41) is 9.69. The van der Waals surface area contributed by atoms with Gasteiger partial charge in [0.2, 0.25) is 0 Å². The molecule has 7 nitrogen and oxygen atoms in total. The number of benzene rings is 2. The number of hydrogen-bond acceptors (Lipinski definition) is 7. The number of ether oxygens (including phenoxy) is 5. The third-order valence-electron chi connectivity index (χ3n) is 6.30. The molecule has 0 saturated heterocycles. The molecule has 5 rings (SSSR count). The molecule has 3 heterocycles. The van der Waals surface area contributed by atoms with Crippen molar-refractivity contribution in [3.8, 4) is 28.7 Å². The van der Waals surface area contributed by atoms with Crippen LogP contribution >= 0.6 is 15.9 Å². The monoisotopic (exact) mass is 488 g/mol. The molecule has 0 aliphatic carbocycles. The second-order valence-corrected chi connectivity index (χ2v) is 10.0. The Morgan fingerprint density at radius 2 is 1.90 bits per heavy atom. The molecular weight excluding hydrogens is 465 g/mol. The number of carbonyl (C=O) groups excluding carboxylic acids is 1. The van der Waals surface area contributed by atoms with E-state index in [1.54, 1.807) is 32.4 Å². The average molecular weight is 488 g/mol. The second kappa shape index (κ2) is 7.31. The SMILES string of the molecule is COc1cc2c(cc1OC)[C@@H]1C(=O)c3ccc4c(c3O[C@@H]1CO2)CC([C@@](C)([77Br])CO)O4. The zero-order valence-electron chi connectivity index (χ0n) is 17.4. The molecule has 2 aromatic carbocycles. The van der Waals surface area contributed by atoms with Crippen LogP contribution < -0.4 is 23.7 Å². The Bertz CT molecular complexity index is 1060. The fraction of sp³-hybridized carbons (Fsp3) is 0.435. The lowest BCUT2D eigenvalue weighted by Crippen LogP contribution is -2.43. The summed E-state index contributed by atoms with van der Waals surface area (Å²) in [5.41, 5.74) is 2.12. The standard InChI is InChI=1S/C23H23BrO7/c1-23(24,10-25)19-7-13-14(30-19)5-4-11-21(26)20-12-6-16(27-2)17(28-3)8-15(12)29-9-18(20)31-22(11)13/h4-6,8,18-20,25H,7,9-10H2,1-3H3/t18-,19?,20+,23+/m1/s1/i24-3. The van der Waals surface area contributed by atoms with E-state index in [1.165, 1.54) is 0 Å². The van der Waals surface area contributed by atoms with Gasteiger partial charge in [-0.05, 0) is 25.1 Å². The molecule has 0 bridgehead atoms. The van der Waals surface area contributed by atoms with Crippen molar-refractivity contribution in [1.29, 1.82) is 0 Å². The summed E-state index contributed by atoms with van der Waals surface area (Å²) < 4.78 is 28.5. The van der Waals surface area contributed by atoms with Crippen molar-refractivity contribution >= 4 is 21.7 Å². The van der Waals surface area contributed by atoms with Gasteiger partial charge in [0.15, 0.2) is 17.3 Å². The van der Waals surface area contributed by atoms with E-state index in [9.17, 15) is 9.90 Å². The summed E-state index contributed by atoms with van der Waals surface area (Å²) in [6.07, 6.45) is -0.187. The summed E-state index contributed by atoms with van der Waals surface area (Å²) in [6.45, 7) is 2.05. The van der Waals surface area contributed by atoms with E-state index in [0.717, 1.165) is 11.1 Å². The normalized spacial score (nSPS) is 24.9. The first kappa shape index (κ1) is 20.5. The molecular formula is C23H23BrO7. The first-order valence-corrected chi connectivity index (χ1v) is 10.9. The van der Waals surface area contributed by atoms with Gasteiger partial charge in [0.1, 0.15) is 36.1 Å². The predicted molar refractivity (Wildman–Crippen MR) is 116 cm³/mol. The number of alkyl halides is 1. The number of halogens is 1. The van der Waals surface area contributed by atoms with Crippen LogP contribution in [0.1, 0.15) is 34.3 Å². The number of rotatable bonds is 4. The van der Waals surface area contributed by atoms with Crippen molar-refractivity contribution in [2.24, 2.45) is 0 Å². The lowest BCUT2D eigenvalue weighted by molar-refractivity contribution is 0.0554. The maximum absolute atomic E-state index is 13.6. The number of hydrogen-bond donors (Lipinski definition) is 1. The van der Waals surface area contributed by atoms with E-state index in [-0.39, 0.29) is 25.1 Å². The minimum Gasteiger partial charge on any atom is -0.493 e. The fourth-order valence-electron chi connectivity index (χ4n) is 4.50. The van der Waals surface area contributed by atoms with Crippen molar-refractivity contribution in [1.82, 2.24) is 0 Å². The van der Waals surface area contributed by atoms with E-state index in [2.05, 4.69) is 15.9 Å². The fourth-order valence-corrected chi connectivity index (χ4v) is 4.76. The van der Waals surface area contributed by atoms with Crippen molar-refractivity contribution < 1.29 is 33.6 Å². The van der Waals surface area contributed by atoms with Crippen molar-refractivity contribution in [2.45, 2.75) is 35.8 Å². The molecule has 31 heavy (non-hydrogen) atoms. The molecule has 3 aliphatic rings. The third-order valence-corrected chi connectivity index (χ3v) is 7.06. The van der Waals surface area contributed by atoms with Gasteiger partial charge in [-0.3, -0.25) is 4.79 Å². The lowest BCUT2D eigenvalue weighted by atomic mass is 9.81. The van der Waals surface area contributed by atoms with Crippen LogP contribution in [0.15, 0.2) is 24.3 Å². The molecule has 4 atom stereocenters. The van der Waals surface area contributed by atoms with E-state index in [1.807, 2.05) is 13.0 Å². The molecule has 0 radical (unpaired) electrons. The summed E-state index contributed by atoms with van der Waals surface area (Å²) in [6, 6.07) is 7.11. The number of Topliss-reactive ketones (excluding diaryl/α,β-unsaturated/α-hetero) is 1. The molecule has 1 N–H and O–H groups in total. The van der Waals surface area contributed by atoms with Crippen LogP contribution in [0.2, 0.25) is 0 Å². The van der Waals surface area contributed by atoms with Gasteiger partial charge in [-0.15, -0.1) is 0 Å². The minimum atomic E-state index is -0.595. The largest absolute Gasteiger partial charge is 0.493 e. The van der Waals surface area contributed by atoms with E-state index >= 15 is 0 Å². The molecule has 3 aliphatic heterocycles. The maximum atomic E-state index is 13.6. The molecule has 0 saturated carbocycles. The summed E-state index contributed by atoms with van der Waals surface area (Å²) in [7, 11) is 3.12. The van der Waals surface area contributed by atoms with Crippen LogP contribution in [-0.4, -0.2) is 54.9 Å². The second-order valence-electron chi connectivity index (χ2n) is 8.22. The van der Waals surface area contributed by atoms with Crippen LogP contribution in [0.25, 0.3) is 0 Å². The smallest absolute Gasteiger partial charge is 0.178 e. The Kier molecular flexibility index (Phi) is 4.82. The topological polar surface area (TPSA) is 83.5 Å². The predicted octanol–water partition coefficient (Wildman–Crippen LogP) is 3.27. The number of aliphatic hydroxyl groups is 1. The van der Waals surface area contributed by atoms with Gasteiger partial charge in [-0.1, -0.05) is 15.9 Å². The number of carbonyl (C=O) groups is 1. The van der Waals surface area contributed by atoms with Gasteiger partial charge in [0.05, 0.1) is 36.6 Å². The highest BCUT2D eigenvalue weighted by molar-refractivity contribution is 9.10. The van der Waals surface area contributed by atoms with Gasteiger partial charge in [-0.2, -0.15) is 0 Å². The summed E-state index contributed by atoms with van der Waals surface area (Å²) in [5.74, 6) is 2.41. The number of ketones is 1. The Morgan fingerprint density at radius 3 is 2.61 bits per heavy atom. The van der Waals surface area contributed by atoms with Crippen molar-refractivity contribution in [3.63, 3.8) is 0 Å². The molecule has 0 amide bonds. The van der Waals surface area contributed by atoms with Gasteiger partial charge in [0, 0.05) is 23.6 Å². The van der Waals surface area contributed by atoms with Crippen molar-refractivity contribution in [2.75, 3.05) is 27.4 Å². The number of fused-ring (bicyclic) bond motifs is 6. The van der Waals surface area contributed by atoms with Gasteiger partial charge < -0.3 is 28.8 Å². The maximum Gasteiger partial charge on any atom is 0.178 e. The zero-order valence-corrected chi connectivity index (χ0v) is 19.0. The highest BCUT2D eigenvalue weighted by Gasteiger charge is 2.47. The van der Waals surface area contributed by atoms with E-state index in [0.29, 0.717) is 40.7 Å². The Hall–Kier alpha value is -2.45. The molecule has 8 heteroatoms. The summed E-state index contributed by atoms with van der Waals surface area (Å²) >= 11 is 3.55. The number of aliphatic hydroxyl groups excluding tert-OH is 1. The van der Waals surface area contributed by atoms with Crippen LogP contribution in [0.3, 0.4) is 0 Å². The van der Waals surface area contributed by atoms with Gasteiger partial charge >= 0.3 is 0 Å². The average Bonchev–Trinajstić information content (AvgIpc) is 3.23. The lowest BCUT2D eigenvalue weighted by Gasteiger charge is -2.37. The Balaban J connectivity index is 1.55. The minimum absolute atomic E-state index is 0.0157. The Morgan fingerprint density at radius 1 is 1.16 bits per heavy atom.